The Labute approximate surface area is 166 Å². The van der Waals surface area contributed by atoms with Gasteiger partial charge in [-0.15, -0.1) is 0 Å². The van der Waals surface area contributed by atoms with Crippen LogP contribution in [0, 0.1) is 12.3 Å². The van der Waals surface area contributed by atoms with Crippen LogP contribution in [0.4, 0.5) is 0 Å². The maximum Gasteiger partial charge on any atom is 0.222 e. The molecule has 0 bridgehead atoms. The van der Waals surface area contributed by atoms with Crippen molar-refractivity contribution in [1.82, 2.24) is 29.3 Å². The first-order valence-electron chi connectivity index (χ1n) is 10.3. The Morgan fingerprint density at radius 1 is 1.11 bits per heavy atom. The van der Waals surface area contributed by atoms with Crippen LogP contribution < -0.4 is 0 Å². The minimum Gasteiger partial charge on any atom is -0.336 e. The third-order valence-electron chi connectivity index (χ3n) is 6.18. The molecule has 1 amide bonds. The SMILES string of the molecule is CCn1ccnc1CN1CCC[C@]2(CCC(=O)N(Cc3cnc(C)cn3)C2)C1. The molecule has 2 saturated heterocycles. The lowest BCUT2D eigenvalue weighted by atomic mass is 9.73. The molecule has 1 spiro atoms. The van der Waals surface area contributed by atoms with Crippen molar-refractivity contribution in [2.75, 3.05) is 19.6 Å². The Bertz CT molecular complexity index is 817. The molecule has 0 saturated carbocycles. The number of imidazole rings is 1. The zero-order valence-corrected chi connectivity index (χ0v) is 17.0. The molecule has 7 nitrogen and oxygen atoms in total. The number of likely N-dealkylation sites (tertiary alicyclic amines) is 2. The van der Waals surface area contributed by atoms with Gasteiger partial charge >= 0.3 is 0 Å². The van der Waals surface area contributed by atoms with Gasteiger partial charge < -0.3 is 9.47 Å². The number of aromatic nitrogens is 4. The lowest BCUT2D eigenvalue weighted by Crippen LogP contribution is -2.53. The topological polar surface area (TPSA) is 67.2 Å². The van der Waals surface area contributed by atoms with Crippen LogP contribution >= 0.6 is 0 Å². The van der Waals surface area contributed by atoms with Crippen LogP contribution in [0.1, 0.15) is 49.8 Å². The number of hydrogen-bond acceptors (Lipinski definition) is 5. The Morgan fingerprint density at radius 3 is 2.79 bits per heavy atom. The molecule has 4 rings (SSSR count). The van der Waals surface area contributed by atoms with Gasteiger partial charge in [-0.05, 0) is 39.7 Å². The molecule has 2 fully saturated rings. The molecule has 1 atom stereocenters. The van der Waals surface area contributed by atoms with Gasteiger partial charge in [-0.3, -0.25) is 19.7 Å². The second-order valence-electron chi connectivity index (χ2n) is 8.34. The van der Waals surface area contributed by atoms with Crippen molar-refractivity contribution in [3.05, 3.63) is 42.0 Å². The molecule has 2 aliphatic rings. The zero-order chi connectivity index (χ0) is 19.6. The average Bonchev–Trinajstić information content (AvgIpc) is 3.14. The van der Waals surface area contributed by atoms with Crippen molar-refractivity contribution in [3.63, 3.8) is 0 Å². The fourth-order valence-electron chi connectivity index (χ4n) is 4.70. The van der Waals surface area contributed by atoms with Crippen molar-refractivity contribution >= 4 is 5.91 Å². The summed E-state index contributed by atoms with van der Waals surface area (Å²) < 4.78 is 2.22. The molecule has 0 radical (unpaired) electrons. The van der Waals surface area contributed by atoms with E-state index in [1.54, 1.807) is 12.4 Å². The molecule has 2 aromatic heterocycles. The molecule has 150 valence electrons. The minimum absolute atomic E-state index is 0.188. The monoisotopic (exact) mass is 382 g/mol. The Kier molecular flexibility index (Phi) is 5.44. The van der Waals surface area contributed by atoms with Gasteiger partial charge in [-0.2, -0.15) is 0 Å². The molecule has 0 N–H and O–H groups in total. The number of nitrogens with zero attached hydrogens (tertiary/aromatic N) is 6. The number of piperidine rings is 2. The number of carbonyl (C=O) groups excluding carboxylic acids is 1. The third-order valence-corrected chi connectivity index (χ3v) is 6.18. The van der Waals surface area contributed by atoms with E-state index in [4.69, 9.17) is 0 Å². The van der Waals surface area contributed by atoms with Crippen molar-refractivity contribution in [1.29, 1.82) is 0 Å². The highest BCUT2D eigenvalue weighted by atomic mass is 16.2. The molecule has 0 aromatic carbocycles. The summed E-state index contributed by atoms with van der Waals surface area (Å²) in [7, 11) is 0. The summed E-state index contributed by atoms with van der Waals surface area (Å²) in [5.41, 5.74) is 1.96. The second kappa shape index (κ2) is 7.99. The van der Waals surface area contributed by atoms with E-state index in [1.807, 2.05) is 18.0 Å². The van der Waals surface area contributed by atoms with Gasteiger partial charge in [0.1, 0.15) is 5.82 Å². The van der Waals surface area contributed by atoms with E-state index in [1.165, 1.54) is 12.8 Å². The lowest BCUT2D eigenvalue weighted by molar-refractivity contribution is -0.140. The number of carbonyl (C=O) groups is 1. The van der Waals surface area contributed by atoms with Gasteiger partial charge in [0, 0.05) is 50.1 Å². The second-order valence-corrected chi connectivity index (χ2v) is 8.34. The maximum atomic E-state index is 12.6. The van der Waals surface area contributed by atoms with Crippen LogP contribution in [0.3, 0.4) is 0 Å². The smallest absolute Gasteiger partial charge is 0.222 e. The van der Waals surface area contributed by atoms with Gasteiger partial charge in [0.25, 0.3) is 0 Å². The molecule has 2 aliphatic heterocycles. The molecule has 28 heavy (non-hydrogen) atoms. The van der Waals surface area contributed by atoms with E-state index in [-0.39, 0.29) is 11.3 Å². The minimum atomic E-state index is 0.188. The van der Waals surface area contributed by atoms with E-state index in [9.17, 15) is 4.79 Å². The Hall–Kier alpha value is -2.28. The Balaban J connectivity index is 1.44. The van der Waals surface area contributed by atoms with Crippen LogP contribution in [-0.4, -0.2) is 54.9 Å². The van der Waals surface area contributed by atoms with Crippen molar-refractivity contribution < 1.29 is 4.79 Å². The van der Waals surface area contributed by atoms with Gasteiger partial charge in [0.05, 0.1) is 30.7 Å². The highest BCUT2D eigenvalue weighted by Gasteiger charge is 2.41. The molecule has 4 heterocycles. The maximum absolute atomic E-state index is 12.6. The van der Waals surface area contributed by atoms with E-state index in [2.05, 4.69) is 37.5 Å². The number of amides is 1. The van der Waals surface area contributed by atoms with Crippen LogP contribution in [0.5, 0.6) is 0 Å². The van der Waals surface area contributed by atoms with Gasteiger partial charge in [-0.1, -0.05) is 0 Å². The summed E-state index contributed by atoms with van der Waals surface area (Å²) in [5.74, 6) is 1.38. The van der Waals surface area contributed by atoms with Crippen molar-refractivity contribution in [2.24, 2.45) is 5.41 Å². The van der Waals surface area contributed by atoms with Crippen LogP contribution in [0.25, 0.3) is 0 Å². The fourth-order valence-corrected chi connectivity index (χ4v) is 4.70. The van der Waals surface area contributed by atoms with E-state index < -0.39 is 0 Å². The first-order valence-corrected chi connectivity index (χ1v) is 10.3. The normalized spacial score (nSPS) is 23.5. The quantitative estimate of drug-likeness (QED) is 0.794. The first kappa shape index (κ1) is 19.1. The summed E-state index contributed by atoms with van der Waals surface area (Å²) >= 11 is 0. The molecular formula is C21H30N6O. The van der Waals surface area contributed by atoms with Gasteiger partial charge in [0.2, 0.25) is 5.91 Å². The van der Waals surface area contributed by atoms with Crippen LogP contribution in [0.15, 0.2) is 24.8 Å². The molecular weight excluding hydrogens is 352 g/mol. The molecule has 2 aromatic rings. The summed E-state index contributed by atoms with van der Waals surface area (Å²) in [6.45, 7) is 9.45. The molecule has 0 aliphatic carbocycles. The fraction of sp³-hybridized carbons (Fsp3) is 0.619. The summed E-state index contributed by atoms with van der Waals surface area (Å²) in [6.07, 6.45) is 11.5. The highest BCUT2D eigenvalue weighted by molar-refractivity contribution is 5.77. The zero-order valence-electron chi connectivity index (χ0n) is 17.0. The predicted molar refractivity (Wildman–Crippen MR) is 106 cm³/mol. The van der Waals surface area contributed by atoms with E-state index in [0.29, 0.717) is 13.0 Å². The largest absolute Gasteiger partial charge is 0.336 e. The Morgan fingerprint density at radius 2 is 2.00 bits per heavy atom. The van der Waals surface area contributed by atoms with E-state index >= 15 is 0 Å². The first-order chi connectivity index (χ1) is 13.6. The number of hydrogen-bond donors (Lipinski definition) is 0. The molecule has 7 heteroatoms. The summed E-state index contributed by atoms with van der Waals surface area (Å²) in [4.78, 5) is 30.4. The van der Waals surface area contributed by atoms with E-state index in [0.717, 1.165) is 56.4 Å². The van der Waals surface area contributed by atoms with Crippen molar-refractivity contribution in [2.45, 2.75) is 59.2 Å². The number of rotatable bonds is 5. The summed E-state index contributed by atoms with van der Waals surface area (Å²) in [6, 6.07) is 0. The third kappa shape index (κ3) is 4.09. The summed E-state index contributed by atoms with van der Waals surface area (Å²) in [5, 5.41) is 0. The predicted octanol–water partition coefficient (Wildman–Crippen LogP) is 2.41. The lowest BCUT2D eigenvalue weighted by Gasteiger charge is -2.48. The average molecular weight is 383 g/mol. The number of aryl methyl sites for hydroxylation is 2. The highest BCUT2D eigenvalue weighted by Crippen LogP contribution is 2.39. The van der Waals surface area contributed by atoms with Crippen LogP contribution in [-0.2, 0) is 24.4 Å². The van der Waals surface area contributed by atoms with Gasteiger partial charge in [-0.25, -0.2) is 4.98 Å². The standard InChI is InChI=1S/C21H30N6O/c1-3-26-10-8-22-19(26)14-25-9-4-6-21(15-25)7-5-20(28)27(16-21)13-18-12-23-17(2)11-24-18/h8,10-12H,3-7,9,13-16H2,1-2H3/t21-/m0/s1. The molecule has 0 unspecified atom stereocenters. The van der Waals surface area contributed by atoms with Gasteiger partial charge in [0.15, 0.2) is 0 Å². The van der Waals surface area contributed by atoms with Crippen molar-refractivity contribution in [3.8, 4) is 0 Å². The van der Waals surface area contributed by atoms with Crippen LogP contribution in [0.2, 0.25) is 0 Å².